The van der Waals surface area contributed by atoms with Crippen molar-refractivity contribution < 1.29 is 19.0 Å². The molecule has 0 spiro atoms. The summed E-state index contributed by atoms with van der Waals surface area (Å²) in [7, 11) is 1.61. The van der Waals surface area contributed by atoms with Crippen molar-refractivity contribution >= 4 is 5.97 Å². The molecule has 0 heterocycles. The van der Waals surface area contributed by atoms with E-state index in [4.69, 9.17) is 14.2 Å². The highest BCUT2D eigenvalue weighted by Crippen LogP contribution is 2.23. The molecule has 1 unspecified atom stereocenters. The van der Waals surface area contributed by atoms with Gasteiger partial charge in [-0.15, -0.1) is 0 Å². The molecule has 22 heavy (non-hydrogen) atoms. The van der Waals surface area contributed by atoms with E-state index >= 15 is 0 Å². The lowest BCUT2D eigenvalue weighted by Crippen LogP contribution is -2.18. The molecule has 0 saturated carbocycles. The summed E-state index contributed by atoms with van der Waals surface area (Å²) in [6.45, 7) is 8.67. The Hall–Kier alpha value is -1.55. The van der Waals surface area contributed by atoms with Crippen LogP contribution in [0.3, 0.4) is 0 Å². The van der Waals surface area contributed by atoms with E-state index in [9.17, 15) is 4.79 Å². The van der Waals surface area contributed by atoms with Gasteiger partial charge in [0.05, 0.1) is 12.5 Å². The summed E-state index contributed by atoms with van der Waals surface area (Å²) in [5, 5.41) is 0. The topological polar surface area (TPSA) is 44.8 Å². The zero-order valence-corrected chi connectivity index (χ0v) is 14.3. The van der Waals surface area contributed by atoms with E-state index in [1.165, 1.54) is 5.56 Å². The molecule has 0 aromatic heterocycles. The Morgan fingerprint density at radius 2 is 2.00 bits per heavy atom. The van der Waals surface area contributed by atoms with E-state index in [1.54, 1.807) is 7.11 Å². The van der Waals surface area contributed by atoms with Crippen LogP contribution in [0.4, 0.5) is 0 Å². The number of ether oxygens (including phenoxy) is 3. The summed E-state index contributed by atoms with van der Waals surface area (Å²) in [6, 6.07) is 6.19. The van der Waals surface area contributed by atoms with Gasteiger partial charge in [-0.3, -0.25) is 4.79 Å². The summed E-state index contributed by atoms with van der Waals surface area (Å²) in [6.07, 6.45) is 1.77. The fourth-order valence-electron chi connectivity index (χ4n) is 2.59. The Morgan fingerprint density at radius 3 is 2.59 bits per heavy atom. The molecular weight excluding hydrogens is 280 g/mol. The standard InChI is InChI=1S/C18H28O4/c1-6-21-18(19)15(4)9-13(2)10-16-7-8-17(14(3)11-16)22-12-20-5/h7-8,11,13,15H,6,9-10,12H2,1-5H3/t13-,15?/m1/s1. The van der Waals surface area contributed by atoms with Crippen LogP contribution in [-0.4, -0.2) is 26.5 Å². The van der Waals surface area contributed by atoms with Crippen molar-refractivity contribution in [1.82, 2.24) is 0 Å². The third-order valence-corrected chi connectivity index (χ3v) is 3.60. The smallest absolute Gasteiger partial charge is 0.308 e. The number of benzene rings is 1. The predicted molar refractivity (Wildman–Crippen MR) is 87.0 cm³/mol. The molecule has 0 N–H and O–H groups in total. The third kappa shape index (κ3) is 6.06. The van der Waals surface area contributed by atoms with E-state index in [0.717, 1.165) is 24.2 Å². The summed E-state index contributed by atoms with van der Waals surface area (Å²) >= 11 is 0. The highest BCUT2D eigenvalue weighted by atomic mass is 16.7. The van der Waals surface area contributed by atoms with Gasteiger partial charge in [-0.2, -0.15) is 0 Å². The van der Waals surface area contributed by atoms with E-state index < -0.39 is 0 Å². The number of hydrogen-bond acceptors (Lipinski definition) is 4. The van der Waals surface area contributed by atoms with E-state index in [2.05, 4.69) is 19.1 Å². The first-order chi connectivity index (χ1) is 10.5. The van der Waals surface area contributed by atoms with E-state index in [0.29, 0.717) is 12.5 Å². The maximum atomic E-state index is 11.7. The van der Waals surface area contributed by atoms with Crippen molar-refractivity contribution in [1.29, 1.82) is 0 Å². The normalized spacial score (nSPS) is 13.5. The number of hydrogen-bond donors (Lipinski definition) is 0. The molecule has 0 aliphatic rings. The first kappa shape index (κ1) is 18.5. The zero-order chi connectivity index (χ0) is 16.5. The molecule has 124 valence electrons. The molecule has 0 aliphatic carbocycles. The van der Waals surface area contributed by atoms with Gasteiger partial charge in [0.2, 0.25) is 0 Å². The van der Waals surface area contributed by atoms with Gasteiger partial charge in [0.15, 0.2) is 6.79 Å². The van der Waals surface area contributed by atoms with Crippen LogP contribution in [0.15, 0.2) is 18.2 Å². The highest BCUT2D eigenvalue weighted by molar-refractivity contribution is 5.71. The van der Waals surface area contributed by atoms with Gasteiger partial charge in [0.1, 0.15) is 5.75 Å². The van der Waals surface area contributed by atoms with Crippen molar-refractivity contribution in [2.75, 3.05) is 20.5 Å². The molecule has 1 rings (SSSR count). The second kappa shape index (κ2) is 9.46. The zero-order valence-electron chi connectivity index (χ0n) is 14.3. The minimum absolute atomic E-state index is 0.0552. The van der Waals surface area contributed by atoms with Crippen LogP contribution in [0.25, 0.3) is 0 Å². The quantitative estimate of drug-likeness (QED) is 0.515. The average Bonchev–Trinajstić information content (AvgIpc) is 2.46. The molecule has 0 saturated heterocycles. The number of methoxy groups -OCH3 is 1. The van der Waals surface area contributed by atoms with E-state index in [1.807, 2.05) is 26.8 Å². The summed E-state index contributed by atoms with van der Waals surface area (Å²) in [5.74, 6) is 1.11. The third-order valence-electron chi connectivity index (χ3n) is 3.60. The molecule has 0 radical (unpaired) electrons. The van der Waals surface area contributed by atoms with Gasteiger partial charge < -0.3 is 14.2 Å². The van der Waals surface area contributed by atoms with Gasteiger partial charge in [-0.25, -0.2) is 0 Å². The largest absolute Gasteiger partial charge is 0.467 e. The van der Waals surface area contributed by atoms with Crippen molar-refractivity contribution in [2.24, 2.45) is 11.8 Å². The van der Waals surface area contributed by atoms with Crippen LogP contribution < -0.4 is 4.74 Å². The first-order valence-electron chi connectivity index (χ1n) is 7.85. The number of esters is 1. The second-order valence-electron chi connectivity index (χ2n) is 5.85. The molecule has 2 atom stereocenters. The molecule has 0 fully saturated rings. The summed E-state index contributed by atoms with van der Waals surface area (Å²) in [4.78, 5) is 11.7. The fourth-order valence-corrected chi connectivity index (χ4v) is 2.59. The Labute approximate surface area is 133 Å². The lowest BCUT2D eigenvalue weighted by Gasteiger charge is -2.17. The maximum absolute atomic E-state index is 11.7. The number of rotatable bonds is 9. The molecule has 0 aliphatic heterocycles. The van der Waals surface area contributed by atoms with Crippen molar-refractivity contribution in [3.05, 3.63) is 29.3 Å². The van der Waals surface area contributed by atoms with Crippen molar-refractivity contribution in [3.63, 3.8) is 0 Å². The predicted octanol–water partition coefficient (Wildman–Crippen LogP) is 3.75. The van der Waals surface area contributed by atoms with Crippen LogP contribution in [0.5, 0.6) is 5.75 Å². The van der Waals surface area contributed by atoms with Gasteiger partial charge in [-0.05, 0) is 49.8 Å². The lowest BCUT2D eigenvalue weighted by atomic mass is 9.91. The van der Waals surface area contributed by atoms with Gasteiger partial charge in [0, 0.05) is 7.11 Å². The van der Waals surface area contributed by atoms with E-state index in [-0.39, 0.29) is 18.7 Å². The Balaban J connectivity index is 2.55. The van der Waals surface area contributed by atoms with Gasteiger partial charge >= 0.3 is 5.97 Å². The Morgan fingerprint density at radius 1 is 1.27 bits per heavy atom. The van der Waals surface area contributed by atoms with Crippen molar-refractivity contribution in [2.45, 2.75) is 40.5 Å². The monoisotopic (exact) mass is 308 g/mol. The van der Waals surface area contributed by atoms with Crippen LogP contribution >= 0.6 is 0 Å². The lowest BCUT2D eigenvalue weighted by molar-refractivity contribution is -0.147. The summed E-state index contributed by atoms with van der Waals surface area (Å²) in [5.41, 5.74) is 2.35. The van der Waals surface area contributed by atoms with Crippen LogP contribution in [0.1, 0.15) is 38.3 Å². The van der Waals surface area contributed by atoms with Crippen LogP contribution in [-0.2, 0) is 20.7 Å². The van der Waals surface area contributed by atoms with Crippen LogP contribution in [0, 0.1) is 18.8 Å². The van der Waals surface area contributed by atoms with Gasteiger partial charge in [0.25, 0.3) is 0 Å². The average molecular weight is 308 g/mol. The number of carbonyl (C=O) groups is 1. The Kier molecular flexibility index (Phi) is 7.96. The fraction of sp³-hybridized carbons (Fsp3) is 0.611. The van der Waals surface area contributed by atoms with Crippen molar-refractivity contribution in [3.8, 4) is 5.75 Å². The van der Waals surface area contributed by atoms with Gasteiger partial charge in [-0.1, -0.05) is 26.0 Å². The molecular formula is C18H28O4. The molecule has 4 heteroatoms. The Bertz CT molecular complexity index is 470. The minimum atomic E-state index is -0.103. The molecule has 1 aromatic carbocycles. The molecule has 1 aromatic rings. The van der Waals surface area contributed by atoms with Crippen LogP contribution in [0.2, 0.25) is 0 Å². The highest BCUT2D eigenvalue weighted by Gasteiger charge is 2.17. The summed E-state index contributed by atoms with van der Waals surface area (Å²) < 4.78 is 15.5. The number of carbonyl (C=O) groups excluding carboxylic acids is 1. The number of aryl methyl sites for hydroxylation is 1. The SMILES string of the molecule is CCOC(=O)C(C)C[C@@H](C)Cc1ccc(OCOC)c(C)c1. The second-order valence-corrected chi connectivity index (χ2v) is 5.85. The molecule has 0 bridgehead atoms. The molecule has 4 nitrogen and oxygen atoms in total. The minimum Gasteiger partial charge on any atom is -0.467 e. The molecule has 0 amide bonds. The maximum Gasteiger partial charge on any atom is 0.308 e. The first-order valence-corrected chi connectivity index (χ1v) is 7.85.